The number of nitrogens with zero attached hydrogens (tertiary/aromatic N) is 1. The summed E-state index contributed by atoms with van der Waals surface area (Å²) in [6, 6.07) is 6.15. The Labute approximate surface area is 137 Å². The monoisotopic (exact) mass is 370 g/mol. The van der Waals surface area contributed by atoms with Gasteiger partial charge in [-0.15, -0.1) is 11.3 Å². The van der Waals surface area contributed by atoms with E-state index >= 15 is 0 Å². The zero-order valence-corrected chi connectivity index (χ0v) is 14.8. The molecule has 21 heavy (non-hydrogen) atoms. The van der Waals surface area contributed by atoms with E-state index in [2.05, 4.69) is 43.7 Å². The van der Waals surface area contributed by atoms with Gasteiger partial charge in [0, 0.05) is 24.7 Å². The molecule has 0 aliphatic carbocycles. The van der Waals surface area contributed by atoms with E-state index in [0.717, 1.165) is 33.0 Å². The summed E-state index contributed by atoms with van der Waals surface area (Å²) >= 11 is 5.21. The third-order valence-corrected chi connectivity index (χ3v) is 4.69. The van der Waals surface area contributed by atoms with Crippen LogP contribution >= 0.6 is 27.3 Å². The van der Waals surface area contributed by atoms with Crippen LogP contribution in [0.3, 0.4) is 0 Å². The number of methoxy groups -OCH3 is 2. The number of halogens is 1. The van der Waals surface area contributed by atoms with Crippen LogP contribution in [0, 0.1) is 6.92 Å². The lowest BCUT2D eigenvalue weighted by Gasteiger charge is -2.18. The van der Waals surface area contributed by atoms with Crippen LogP contribution in [0.2, 0.25) is 0 Å². The molecule has 114 valence electrons. The Bertz CT molecular complexity index is 589. The highest BCUT2D eigenvalue weighted by atomic mass is 79.9. The first kappa shape index (κ1) is 16.4. The molecule has 0 radical (unpaired) electrons. The van der Waals surface area contributed by atoms with Gasteiger partial charge in [0.2, 0.25) is 0 Å². The fourth-order valence-electron chi connectivity index (χ4n) is 2.02. The largest absolute Gasteiger partial charge is 0.496 e. The van der Waals surface area contributed by atoms with Crippen molar-refractivity contribution in [1.82, 2.24) is 10.3 Å². The zero-order chi connectivity index (χ0) is 15.2. The van der Waals surface area contributed by atoms with Gasteiger partial charge in [0.05, 0.1) is 24.2 Å². The van der Waals surface area contributed by atoms with Crippen LogP contribution in [0.25, 0.3) is 0 Å². The van der Waals surface area contributed by atoms with Gasteiger partial charge in [0.1, 0.15) is 10.8 Å². The van der Waals surface area contributed by atoms with E-state index in [-0.39, 0.29) is 6.04 Å². The molecule has 0 amide bonds. The summed E-state index contributed by atoms with van der Waals surface area (Å²) in [5.41, 5.74) is 2.19. The van der Waals surface area contributed by atoms with Crippen molar-refractivity contribution in [2.45, 2.75) is 13.0 Å². The summed E-state index contributed by atoms with van der Waals surface area (Å²) in [6.45, 7) is 3.44. The van der Waals surface area contributed by atoms with Gasteiger partial charge in [-0.3, -0.25) is 0 Å². The second kappa shape index (κ2) is 7.89. The minimum absolute atomic E-state index is 0.0565. The number of hydrogen-bond donors (Lipinski definition) is 1. The third-order valence-electron chi connectivity index (χ3n) is 3.05. The predicted molar refractivity (Wildman–Crippen MR) is 89.3 cm³/mol. The molecular weight excluding hydrogens is 352 g/mol. The number of ether oxygens (including phenoxy) is 2. The molecule has 1 aromatic carbocycles. The Morgan fingerprint density at radius 1 is 1.38 bits per heavy atom. The number of hydrogen-bond acceptors (Lipinski definition) is 5. The lowest BCUT2D eigenvalue weighted by molar-refractivity contribution is 0.197. The highest BCUT2D eigenvalue weighted by Gasteiger charge is 2.18. The number of aryl methyl sites for hydroxylation is 1. The Morgan fingerprint density at radius 3 is 2.76 bits per heavy atom. The van der Waals surface area contributed by atoms with E-state index < -0.39 is 0 Å². The van der Waals surface area contributed by atoms with Gasteiger partial charge in [0.15, 0.2) is 0 Å². The van der Waals surface area contributed by atoms with Gasteiger partial charge >= 0.3 is 0 Å². The maximum atomic E-state index is 5.29. The maximum Gasteiger partial charge on any atom is 0.133 e. The van der Waals surface area contributed by atoms with Crippen LogP contribution in [0.1, 0.15) is 22.3 Å². The fourth-order valence-corrected chi connectivity index (χ4v) is 3.47. The average Bonchev–Trinajstić information content (AvgIpc) is 2.90. The fraction of sp³-hybridized carbons (Fsp3) is 0.400. The summed E-state index contributed by atoms with van der Waals surface area (Å²) in [4.78, 5) is 4.61. The van der Waals surface area contributed by atoms with Crippen molar-refractivity contribution in [3.8, 4) is 5.75 Å². The lowest BCUT2D eigenvalue weighted by Crippen LogP contribution is -2.26. The summed E-state index contributed by atoms with van der Waals surface area (Å²) in [5, 5.41) is 6.62. The van der Waals surface area contributed by atoms with Gasteiger partial charge < -0.3 is 14.8 Å². The second-order valence-electron chi connectivity index (χ2n) is 4.60. The molecular formula is C15H19BrN2O2S. The zero-order valence-electron chi connectivity index (χ0n) is 12.4. The van der Waals surface area contributed by atoms with Crippen LogP contribution in [-0.2, 0) is 4.74 Å². The standard InChI is InChI=1S/C15H19BrN2O2S/c1-10-9-21-15(18-10)14(17-6-7-19-2)11-4-5-13(20-3)12(16)8-11/h4-5,8-9,14,17H,6-7H2,1-3H3. The van der Waals surface area contributed by atoms with Gasteiger partial charge in [-0.05, 0) is 40.5 Å². The van der Waals surface area contributed by atoms with E-state index in [0.29, 0.717) is 6.61 Å². The molecule has 0 aliphatic heterocycles. The molecule has 1 unspecified atom stereocenters. The summed E-state index contributed by atoms with van der Waals surface area (Å²) < 4.78 is 11.3. The van der Waals surface area contributed by atoms with Crippen molar-refractivity contribution in [1.29, 1.82) is 0 Å². The summed E-state index contributed by atoms with van der Waals surface area (Å²) in [5.74, 6) is 0.824. The molecule has 0 saturated carbocycles. The van der Waals surface area contributed by atoms with Crippen molar-refractivity contribution in [3.05, 3.63) is 44.3 Å². The highest BCUT2D eigenvalue weighted by Crippen LogP contribution is 2.31. The van der Waals surface area contributed by atoms with Crippen LogP contribution in [0.5, 0.6) is 5.75 Å². The summed E-state index contributed by atoms with van der Waals surface area (Å²) in [7, 11) is 3.37. The average molecular weight is 371 g/mol. The maximum absolute atomic E-state index is 5.29. The number of nitrogens with one attached hydrogen (secondary N) is 1. The first-order valence-corrected chi connectivity index (χ1v) is 8.30. The number of aromatic nitrogens is 1. The van der Waals surface area contributed by atoms with Gasteiger partial charge in [-0.1, -0.05) is 6.07 Å². The third kappa shape index (κ3) is 4.26. The molecule has 1 N–H and O–H groups in total. The smallest absolute Gasteiger partial charge is 0.133 e. The van der Waals surface area contributed by atoms with E-state index in [1.54, 1.807) is 25.6 Å². The normalized spacial score (nSPS) is 12.4. The van der Waals surface area contributed by atoms with Crippen LogP contribution in [-0.4, -0.2) is 32.4 Å². The molecule has 0 aliphatic rings. The van der Waals surface area contributed by atoms with Gasteiger partial charge in [0.25, 0.3) is 0 Å². The number of benzene rings is 1. The molecule has 4 nitrogen and oxygen atoms in total. The first-order valence-electron chi connectivity index (χ1n) is 6.63. The lowest BCUT2D eigenvalue weighted by atomic mass is 10.1. The molecule has 1 atom stereocenters. The van der Waals surface area contributed by atoms with E-state index in [1.807, 2.05) is 13.0 Å². The van der Waals surface area contributed by atoms with Crippen molar-refractivity contribution in [3.63, 3.8) is 0 Å². The topological polar surface area (TPSA) is 43.4 Å². The van der Waals surface area contributed by atoms with Gasteiger partial charge in [-0.2, -0.15) is 0 Å². The number of thiazole rings is 1. The predicted octanol–water partition coefficient (Wildman–Crippen LogP) is 3.55. The van der Waals surface area contributed by atoms with Crippen LogP contribution in [0.15, 0.2) is 28.1 Å². The quantitative estimate of drug-likeness (QED) is 0.756. The Balaban J connectivity index is 2.27. The van der Waals surface area contributed by atoms with Crippen molar-refractivity contribution in [2.75, 3.05) is 27.4 Å². The van der Waals surface area contributed by atoms with Crippen LogP contribution < -0.4 is 10.1 Å². The highest BCUT2D eigenvalue weighted by molar-refractivity contribution is 9.10. The minimum Gasteiger partial charge on any atom is -0.496 e. The van der Waals surface area contributed by atoms with Crippen molar-refractivity contribution in [2.24, 2.45) is 0 Å². The molecule has 0 bridgehead atoms. The van der Waals surface area contributed by atoms with E-state index in [1.165, 1.54) is 0 Å². The Morgan fingerprint density at radius 2 is 2.19 bits per heavy atom. The van der Waals surface area contributed by atoms with Crippen molar-refractivity contribution < 1.29 is 9.47 Å². The summed E-state index contributed by atoms with van der Waals surface area (Å²) in [6.07, 6.45) is 0. The molecule has 1 heterocycles. The van der Waals surface area contributed by atoms with E-state index in [9.17, 15) is 0 Å². The molecule has 2 aromatic rings. The van der Waals surface area contributed by atoms with E-state index in [4.69, 9.17) is 9.47 Å². The number of rotatable bonds is 7. The van der Waals surface area contributed by atoms with Crippen molar-refractivity contribution >= 4 is 27.3 Å². The molecule has 2 rings (SSSR count). The molecule has 0 fully saturated rings. The Hall–Kier alpha value is -0.950. The molecule has 0 saturated heterocycles. The second-order valence-corrected chi connectivity index (χ2v) is 6.35. The molecule has 6 heteroatoms. The van der Waals surface area contributed by atoms with Gasteiger partial charge in [-0.25, -0.2) is 4.98 Å². The molecule has 0 spiro atoms. The van der Waals surface area contributed by atoms with Crippen LogP contribution in [0.4, 0.5) is 0 Å². The Kier molecular flexibility index (Phi) is 6.17. The molecule has 1 aromatic heterocycles. The minimum atomic E-state index is 0.0565. The SMILES string of the molecule is COCCNC(c1ccc(OC)c(Br)c1)c1nc(C)cs1. The first-order chi connectivity index (χ1) is 10.2.